The van der Waals surface area contributed by atoms with E-state index in [-0.39, 0.29) is 0 Å². The number of imidazole rings is 1. The molecule has 0 radical (unpaired) electrons. The second kappa shape index (κ2) is 6.78. The lowest BCUT2D eigenvalue weighted by atomic mass is 10.0. The summed E-state index contributed by atoms with van der Waals surface area (Å²) in [5, 5.41) is 3.58. The van der Waals surface area contributed by atoms with E-state index in [0.717, 1.165) is 18.9 Å². The first kappa shape index (κ1) is 15.0. The van der Waals surface area contributed by atoms with Crippen LogP contribution in [-0.2, 0) is 0 Å². The first-order valence-corrected chi connectivity index (χ1v) is 6.84. The molecule has 1 unspecified atom stereocenters. The van der Waals surface area contributed by atoms with Crippen LogP contribution < -0.4 is 5.32 Å². The molecule has 1 rings (SSSR count). The zero-order chi connectivity index (χ0) is 13.7. The minimum absolute atomic E-state index is 0.439. The highest BCUT2D eigenvalue weighted by Gasteiger charge is 2.15. The van der Waals surface area contributed by atoms with Crippen LogP contribution in [0.1, 0.15) is 40.2 Å². The quantitative estimate of drug-likeness (QED) is 0.810. The fraction of sp³-hybridized carbons (Fsp3) is 0.786. The van der Waals surface area contributed by atoms with E-state index in [1.807, 2.05) is 12.4 Å². The van der Waals surface area contributed by atoms with Gasteiger partial charge in [-0.25, -0.2) is 4.98 Å². The van der Waals surface area contributed by atoms with Crippen molar-refractivity contribution in [3.63, 3.8) is 0 Å². The molecule has 0 aliphatic rings. The SMILES string of the molecule is CC(C)CC(CN(C)C)Nc1nccn1C(C)C. The third-order valence-corrected chi connectivity index (χ3v) is 2.90. The zero-order valence-corrected chi connectivity index (χ0v) is 12.6. The largest absolute Gasteiger partial charge is 0.352 e. The molecule has 1 aromatic heterocycles. The molecule has 1 heterocycles. The lowest BCUT2D eigenvalue weighted by Crippen LogP contribution is -2.34. The molecule has 1 N–H and O–H groups in total. The molecule has 0 aliphatic carbocycles. The van der Waals surface area contributed by atoms with Crippen molar-refractivity contribution in [3.8, 4) is 0 Å². The molecule has 18 heavy (non-hydrogen) atoms. The predicted molar refractivity (Wildman–Crippen MR) is 78.0 cm³/mol. The van der Waals surface area contributed by atoms with E-state index in [4.69, 9.17) is 0 Å². The second-order valence-corrected chi connectivity index (χ2v) is 5.98. The maximum absolute atomic E-state index is 4.43. The van der Waals surface area contributed by atoms with Crippen LogP contribution in [0.2, 0.25) is 0 Å². The lowest BCUT2D eigenvalue weighted by Gasteiger charge is -2.25. The van der Waals surface area contributed by atoms with Crippen molar-refractivity contribution in [2.24, 2.45) is 5.92 Å². The average molecular weight is 252 g/mol. The minimum atomic E-state index is 0.439. The minimum Gasteiger partial charge on any atom is -0.352 e. The smallest absolute Gasteiger partial charge is 0.203 e. The Morgan fingerprint density at radius 2 is 1.94 bits per heavy atom. The summed E-state index contributed by atoms with van der Waals surface area (Å²) in [7, 11) is 4.23. The molecule has 104 valence electrons. The third-order valence-electron chi connectivity index (χ3n) is 2.90. The summed E-state index contributed by atoms with van der Waals surface area (Å²) in [5.74, 6) is 1.67. The Kier molecular flexibility index (Phi) is 5.66. The summed E-state index contributed by atoms with van der Waals surface area (Å²) in [5.41, 5.74) is 0. The van der Waals surface area contributed by atoms with Gasteiger partial charge in [-0.2, -0.15) is 0 Å². The van der Waals surface area contributed by atoms with Gasteiger partial charge in [0.2, 0.25) is 5.95 Å². The van der Waals surface area contributed by atoms with Crippen molar-refractivity contribution in [2.45, 2.75) is 46.2 Å². The summed E-state index contributed by atoms with van der Waals surface area (Å²) < 4.78 is 2.18. The number of hydrogen-bond acceptors (Lipinski definition) is 3. The number of nitrogens with one attached hydrogen (secondary N) is 1. The van der Waals surface area contributed by atoms with Gasteiger partial charge < -0.3 is 14.8 Å². The van der Waals surface area contributed by atoms with Gasteiger partial charge in [-0.15, -0.1) is 0 Å². The van der Waals surface area contributed by atoms with Crippen LogP contribution in [-0.4, -0.2) is 41.1 Å². The Balaban J connectivity index is 2.72. The maximum atomic E-state index is 4.43. The Morgan fingerprint density at radius 1 is 1.28 bits per heavy atom. The van der Waals surface area contributed by atoms with Gasteiger partial charge >= 0.3 is 0 Å². The first-order valence-electron chi connectivity index (χ1n) is 6.84. The average Bonchev–Trinajstić information content (AvgIpc) is 2.63. The summed E-state index contributed by atoms with van der Waals surface area (Å²) in [6.07, 6.45) is 5.06. The molecule has 0 amide bonds. The molecule has 0 aliphatic heterocycles. The maximum Gasteiger partial charge on any atom is 0.203 e. The molecular formula is C14H28N4. The topological polar surface area (TPSA) is 33.1 Å². The van der Waals surface area contributed by atoms with Crippen LogP contribution in [0.25, 0.3) is 0 Å². The van der Waals surface area contributed by atoms with E-state index < -0.39 is 0 Å². The second-order valence-electron chi connectivity index (χ2n) is 5.98. The van der Waals surface area contributed by atoms with Gasteiger partial charge in [0.15, 0.2) is 0 Å². The highest BCUT2D eigenvalue weighted by molar-refractivity contribution is 5.28. The molecule has 4 nitrogen and oxygen atoms in total. The number of hydrogen-bond donors (Lipinski definition) is 1. The van der Waals surface area contributed by atoms with E-state index in [0.29, 0.717) is 18.0 Å². The first-order chi connectivity index (χ1) is 8.40. The highest BCUT2D eigenvalue weighted by atomic mass is 15.2. The molecule has 0 aromatic carbocycles. The van der Waals surface area contributed by atoms with Crippen molar-refractivity contribution in [1.82, 2.24) is 14.5 Å². The number of anilines is 1. The number of likely N-dealkylation sites (N-methyl/N-ethyl adjacent to an activating group) is 1. The molecule has 1 aromatic rings. The van der Waals surface area contributed by atoms with E-state index in [9.17, 15) is 0 Å². The molecule has 0 spiro atoms. The molecule has 0 fully saturated rings. The number of rotatable bonds is 7. The van der Waals surface area contributed by atoms with Gasteiger partial charge in [-0.3, -0.25) is 0 Å². The van der Waals surface area contributed by atoms with Crippen molar-refractivity contribution < 1.29 is 0 Å². The van der Waals surface area contributed by atoms with Crippen LogP contribution in [0.4, 0.5) is 5.95 Å². The summed E-state index contributed by atoms with van der Waals surface area (Å²) >= 11 is 0. The van der Waals surface area contributed by atoms with Crippen molar-refractivity contribution in [1.29, 1.82) is 0 Å². The Labute approximate surface area is 111 Å². The van der Waals surface area contributed by atoms with Gasteiger partial charge in [-0.05, 0) is 40.3 Å². The summed E-state index contributed by atoms with van der Waals surface area (Å²) in [4.78, 5) is 6.65. The zero-order valence-electron chi connectivity index (χ0n) is 12.6. The van der Waals surface area contributed by atoms with Crippen LogP contribution >= 0.6 is 0 Å². The summed E-state index contributed by atoms with van der Waals surface area (Å²) in [6.45, 7) is 9.91. The fourth-order valence-corrected chi connectivity index (χ4v) is 2.21. The molecule has 4 heteroatoms. The number of nitrogens with zero attached hydrogens (tertiary/aromatic N) is 3. The van der Waals surface area contributed by atoms with Gasteiger partial charge in [0, 0.05) is 31.0 Å². The van der Waals surface area contributed by atoms with Crippen LogP contribution in [0.5, 0.6) is 0 Å². The molecule has 0 bridgehead atoms. The van der Waals surface area contributed by atoms with Gasteiger partial charge in [0.1, 0.15) is 0 Å². The molecule has 0 saturated carbocycles. The lowest BCUT2D eigenvalue weighted by molar-refractivity contribution is 0.354. The highest BCUT2D eigenvalue weighted by Crippen LogP contribution is 2.16. The van der Waals surface area contributed by atoms with Crippen molar-refractivity contribution in [2.75, 3.05) is 26.0 Å². The molecule has 1 atom stereocenters. The van der Waals surface area contributed by atoms with Gasteiger partial charge in [0.25, 0.3) is 0 Å². The summed E-state index contributed by atoms with van der Waals surface area (Å²) in [6, 6.07) is 0.883. The van der Waals surface area contributed by atoms with Gasteiger partial charge in [0.05, 0.1) is 0 Å². The van der Waals surface area contributed by atoms with Crippen LogP contribution in [0.3, 0.4) is 0 Å². The van der Waals surface area contributed by atoms with E-state index >= 15 is 0 Å². The van der Waals surface area contributed by atoms with E-state index in [1.54, 1.807) is 0 Å². The molecular weight excluding hydrogens is 224 g/mol. The van der Waals surface area contributed by atoms with Crippen molar-refractivity contribution >= 4 is 5.95 Å². The van der Waals surface area contributed by atoms with Gasteiger partial charge in [-0.1, -0.05) is 13.8 Å². The third kappa shape index (κ3) is 4.69. The Morgan fingerprint density at radius 3 is 2.44 bits per heavy atom. The Hall–Kier alpha value is -1.03. The Bertz CT molecular complexity index is 331. The monoisotopic (exact) mass is 252 g/mol. The van der Waals surface area contributed by atoms with E-state index in [2.05, 4.69) is 61.6 Å². The molecule has 0 saturated heterocycles. The standard InChI is InChI=1S/C14H28N4/c1-11(2)9-13(10-17(5)6)16-14-15-7-8-18(14)12(3)4/h7-8,11-13H,9-10H2,1-6H3,(H,15,16). The fourth-order valence-electron chi connectivity index (χ4n) is 2.21. The normalized spacial score (nSPS) is 13.6. The van der Waals surface area contributed by atoms with Crippen molar-refractivity contribution in [3.05, 3.63) is 12.4 Å². The van der Waals surface area contributed by atoms with E-state index in [1.165, 1.54) is 0 Å². The van der Waals surface area contributed by atoms with Crippen LogP contribution in [0.15, 0.2) is 12.4 Å². The van der Waals surface area contributed by atoms with Crippen LogP contribution in [0, 0.1) is 5.92 Å². The predicted octanol–water partition coefficient (Wildman–Crippen LogP) is 2.85. The number of aromatic nitrogens is 2.